The smallest absolute Gasteiger partial charge is 0.0590 e. The average Bonchev–Trinajstić information content (AvgIpc) is 2.25. The second kappa shape index (κ2) is 10.4. The van der Waals surface area contributed by atoms with Gasteiger partial charge in [-0.15, -0.1) is 0 Å². The normalized spacial score (nSPS) is 13.4. The average molecular weight is 215 g/mol. The Balaban J connectivity index is 3.33. The van der Waals surface area contributed by atoms with Crippen LogP contribution in [-0.4, -0.2) is 25.8 Å². The van der Waals surface area contributed by atoms with Crippen LogP contribution in [0.4, 0.5) is 0 Å². The van der Waals surface area contributed by atoms with Crippen molar-refractivity contribution in [1.29, 1.82) is 0 Å². The van der Waals surface area contributed by atoms with Gasteiger partial charge in [-0.3, -0.25) is 0 Å². The summed E-state index contributed by atoms with van der Waals surface area (Å²) in [5.74, 6) is 0.806. The molecule has 0 radical (unpaired) electrons. The van der Waals surface area contributed by atoms with Gasteiger partial charge in [0.25, 0.3) is 0 Å². The number of rotatable bonds is 10. The topological polar surface area (TPSA) is 21.3 Å². The minimum absolute atomic E-state index is 0.620. The van der Waals surface area contributed by atoms with Crippen molar-refractivity contribution in [3.8, 4) is 0 Å². The fraction of sp³-hybridized carbons (Fsp3) is 1.00. The van der Waals surface area contributed by atoms with Gasteiger partial charge in [0.1, 0.15) is 0 Å². The van der Waals surface area contributed by atoms with E-state index in [1.54, 1.807) is 0 Å². The Hall–Kier alpha value is -0.0800. The van der Waals surface area contributed by atoms with Crippen LogP contribution < -0.4 is 5.32 Å². The highest BCUT2D eigenvalue weighted by Gasteiger charge is 2.11. The zero-order valence-corrected chi connectivity index (χ0v) is 11.0. The molecule has 1 unspecified atom stereocenters. The van der Waals surface area contributed by atoms with Crippen LogP contribution in [0.3, 0.4) is 0 Å². The van der Waals surface area contributed by atoms with Gasteiger partial charge in [0.15, 0.2) is 0 Å². The lowest BCUT2D eigenvalue weighted by Crippen LogP contribution is -2.35. The third-order valence-electron chi connectivity index (χ3n) is 3.11. The Morgan fingerprint density at radius 1 is 1.07 bits per heavy atom. The van der Waals surface area contributed by atoms with Gasteiger partial charge >= 0.3 is 0 Å². The fourth-order valence-corrected chi connectivity index (χ4v) is 1.87. The molecule has 0 saturated carbocycles. The molecule has 0 aliphatic heterocycles. The van der Waals surface area contributed by atoms with Crippen molar-refractivity contribution >= 4 is 0 Å². The van der Waals surface area contributed by atoms with E-state index in [2.05, 4.69) is 33.0 Å². The predicted molar refractivity (Wildman–Crippen MR) is 67.3 cm³/mol. The van der Waals surface area contributed by atoms with E-state index in [1.807, 2.05) is 0 Å². The Kier molecular flexibility index (Phi) is 10.4. The summed E-state index contributed by atoms with van der Waals surface area (Å²) in [6, 6.07) is 0.620. The monoisotopic (exact) mass is 215 g/mol. The third-order valence-corrected chi connectivity index (χ3v) is 3.11. The summed E-state index contributed by atoms with van der Waals surface area (Å²) < 4.78 is 5.51. The molecule has 0 rings (SSSR count). The first-order valence-electron chi connectivity index (χ1n) is 6.57. The molecular weight excluding hydrogens is 186 g/mol. The number of ether oxygens (including phenoxy) is 1. The molecule has 1 N–H and O–H groups in total. The third kappa shape index (κ3) is 7.80. The first-order valence-corrected chi connectivity index (χ1v) is 6.57. The molecule has 92 valence electrons. The Morgan fingerprint density at radius 3 is 2.27 bits per heavy atom. The lowest BCUT2D eigenvalue weighted by molar-refractivity contribution is 0.129. The zero-order valence-electron chi connectivity index (χ0n) is 11.0. The van der Waals surface area contributed by atoms with Crippen molar-refractivity contribution in [3.63, 3.8) is 0 Å². The van der Waals surface area contributed by atoms with Crippen molar-refractivity contribution in [2.24, 2.45) is 5.92 Å². The van der Waals surface area contributed by atoms with Gasteiger partial charge in [0, 0.05) is 19.2 Å². The quantitative estimate of drug-likeness (QED) is 0.565. The molecule has 0 amide bonds. The summed E-state index contributed by atoms with van der Waals surface area (Å²) in [5, 5.41) is 3.54. The van der Waals surface area contributed by atoms with Crippen LogP contribution in [0.1, 0.15) is 53.4 Å². The highest BCUT2D eigenvalue weighted by molar-refractivity contribution is 4.69. The van der Waals surface area contributed by atoms with E-state index in [0.29, 0.717) is 6.04 Å². The second-order valence-corrected chi connectivity index (χ2v) is 4.29. The highest BCUT2D eigenvalue weighted by Crippen LogP contribution is 2.11. The van der Waals surface area contributed by atoms with Crippen LogP contribution in [0.2, 0.25) is 0 Å². The zero-order chi connectivity index (χ0) is 11.5. The molecule has 0 aliphatic carbocycles. The summed E-state index contributed by atoms with van der Waals surface area (Å²) in [6.45, 7) is 11.8. The van der Waals surface area contributed by atoms with Gasteiger partial charge in [0.2, 0.25) is 0 Å². The van der Waals surface area contributed by atoms with Crippen molar-refractivity contribution in [3.05, 3.63) is 0 Å². The summed E-state index contributed by atoms with van der Waals surface area (Å²) in [4.78, 5) is 0. The predicted octanol–water partition coefficient (Wildman–Crippen LogP) is 3.22. The molecule has 0 spiro atoms. The van der Waals surface area contributed by atoms with Gasteiger partial charge in [-0.25, -0.2) is 0 Å². The molecule has 2 nitrogen and oxygen atoms in total. The number of nitrogens with one attached hydrogen (secondary N) is 1. The standard InChI is InChI=1S/C13H29NO/c1-5-8-10-15-11-9-14-12(4)13(6-2)7-3/h12-14H,5-11H2,1-4H3. The van der Waals surface area contributed by atoms with Crippen molar-refractivity contribution in [1.82, 2.24) is 5.32 Å². The lowest BCUT2D eigenvalue weighted by atomic mass is 9.96. The molecule has 0 fully saturated rings. The molecule has 0 aliphatic rings. The maximum absolute atomic E-state index is 5.51. The largest absolute Gasteiger partial charge is 0.380 e. The van der Waals surface area contributed by atoms with E-state index in [0.717, 1.165) is 25.7 Å². The molecule has 2 heteroatoms. The van der Waals surface area contributed by atoms with Gasteiger partial charge < -0.3 is 10.1 Å². The van der Waals surface area contributed by atoms with E-state index in [1.165, 1.54) is 25.7 Å². The summed E-state index contributed by atoms with van der Waals surface area (Å²) in [7, 11) is 0. The molecule has 0 saturated heterocycles. The molecule has 15 heavy (non-hydrogen) atoms. The van der Waals surface area contributed by atoms with Gasteiger partial charge in [0.05, 0.1) is 6.61 Å². The van der Waals surface area contributed by atoms with E-state index >= 15 is 0 Å². The van der Waals surface area contributed by atoms with Crippen LogP contribution in [0.15, 0.2) is 0 Å². The summed E-state index contributed by atoms with van der Waals surface area (Å²) in [6.07, 6.45) is 4.93. The summed E-state index contributed by atoms with van der Waals surface area (Å²) >= 11 is 0. The SMILES string of the molecule is CCCCOCCNC(C)C(CC)CC. The number of hydrogen-bond donors (Lipinski definition) is 1. The second-order valence-electron chi connectivity index (χ2n) is 4.29. The molecule has 0 aromatic rings. The maximum atomic E-state index is 5.51. The van der Waals surface area contributed by atoms with E-state index in [4.69, 9.17) is 4.74 Å². The van der Waals surface area contributed by atoms with Crippen molar-refractivity contribution in [2.45, 2.75) is 59.4 Å². The molecule has 0 heterocycles. The van der Waals surface area contributed by atoms with Crippen LogP contribution >= 0.6 is 0 Å². The number of hydrogen-bond acceptors (Lipinski definition) is 2. The van der Waals surface area contributed by atoms with Crippen LogP contribution in [0, 0.1) is 5.92 Å². The highest BCUT2D eigenvalue weighted by atomic mass is 16.5. The lowest BCUT2D eigenvalue weighted by Gasteiger charge is -2.22. The van der Waals surface area contributed by atoms with E-state index in [9.17, 15) is 0 Å². The molecule has 1 atom stereocenters. The van der Waals surface area contributed by atoms with Crippen molar-refractivity contribution in [2.75, 3.05) is 19.8 Å². The maximum Gasteiger partial charge on any atom is 0.0590 e. The first-order chi connectivity index (χ1) is 7.26. The Bertz CT molecular complexity index is 124. The van der Waals surface area contributed by atoms with Crippen molar-refractivity contribution < 1.29 is 4.74 Å². The van der Waals surface area contributed by atoms with Crippen LogP contribution in [0.25, 0.3) is 0 Å². The van der Waals surface area contributed by atoms with E-state index < -0.39 is 0 Å². The van der Waals surface area contributed by atoms with Gasteiger partial charge in [-0.05, 0) is 19.3 Å². The molecule has 0 aromatic heterocycles. The first kappa shape index (κ1) is 14.9. The van der Waals surface area contributed by atoms with Crippen LogP contribution in [-0.2, 0) is 4.74 Å². The molecule has 0 bridgehead atoms. The van der Waals surface area contributed by atoms with Gasteiger partial charge in [-0.1, -0.05) is 40.0 Å². The number of unbranched alkanes of at least 4 members (excludes halogenated alkanes) is 1. The van der Waals surface area contributed by atoms with Gasteiger partial charge in [-0.2, -0.15) is 0 Å². The minimum Gasteiger partial charge on any atom is -0.380 e. The van der Waals surface area contributed by atoms with Crippen LogP contribution in [0.5, 0.6) is 0 Å². The Labute approximate surface area is 95.8 Å². The minimum atomic E-state index is 0.620. The summed E-state index contributed by atoms with van der Waals surface area (Å²) in [5.41, 5.74) is 0. The fourth-order valence-electron chi connectivity index (χ4n) is 1.87. The molecular formula is C13H29NO. The molecule has 0 aromatic carbocycles. The van der Waals surface area contributed by atoms with E-state index in [-0.39, 0.29) is 0 Å². The Morgan fingerprint density at radius 2 is 1.73 bits per heavy atom.